The number of hydrogen-bond donors (Lipinski definition) is 1. The lowest BCUT2D eigenvalue weighted by molar-refractivity contribution is -0.121. The zero-order chi connectivity index (χ0) is 14.7. The van der Waals surface area contributed by atoms with Gasteiger partial charge in [-0.25, -0.2) is 4.98 Å². The van der Waals surface area contributed by atoms with Gasteiger partial charge in [0.25, 0.3) is 0 Å². The number of aryl methyl sites for hydroxylation is 1. The highest BCUT2D eigenvalue weighted by molar-refractivity contribution is 5.77. The van der Waals surface area contributed by atoms with Crippen molar-refractivity contribution in [2.24, 2.45) is 0 Å². The minimum Gasteiger partial charge on any atom is -0.358 e. The fraction of sp³-hybridized carbons (Fsp3) is 0.467. The van der Waals surface area contributed by atoms with Gasteiger partial charge in [0.1, 0.15) is 0 Å². The van der Waals surface area contributed by atoms with Crippen molar-refractivity contribution in [2.45, 2.75) is 26.1 Å². The van der Waals surface area contributed by atoms with Crippen LogP contribution >= 0.6 is 0 Å². The molecule has 0 atom stereocenters. The van der Waals surface area contributed by atoms with Crippen LogP contribution in [0.5, 0.6) is 0 Å². The number of nitrogens with zero attached hydrogens (tertiary/aromatic N) is 4. The average molecular weight is 287 g/mol. The van der Waals surface area contributed by atoms with Crippen LogP contribution in [0.2, 0.25) is 0 Å². The number of fused-ring (bicyclic) bond motifs is 1. The summed E-state index contributed by atoms with van der Waals surface area (Å²) in [5.74, 6) is 0.0647. The Balaban J connectivity index is 1.78. The molecule has 0 radical (unpaired) electrons. The van der Waals surface area contributed by atoms with E-state index in [4.69, 9.17) is 0 Å². The smallest absolute Gasteiger partial charge is 0.233 e. The molecule has 6 heteroatoms. The molecule has 3 heterocycles. The highest BCUT2D eigenvalue weighted by Crippen LogP contribution is 2.17. The predicted molar refractivity (Wildman–Crippen MR) is 79.7 cm³/mol. The highest BCUT2D eigenvalue weighted by atomic mass is 16.1. The largest absolute Gasteiger partial charge is 0.358 e. The molecular formula is C15H21N5O. The van der Waals surface area contributed by atoms with Gasteiger partial charge in [0.05, 0.1) is 30.8 Å². The number of nitrogens with one attached hydrogen (secondary N) is 1. The van der Waals surface area contributed by atoms with E-state index in [0.717, 1.165) is 38.3 Å². The molecule has 3 rings (SSSR count). The molecule has 0 bridgehead atoms. The van der Waals surface area contributed by atoms with Crippen molar-refractivity contribution >= 4 is 5.91 Å². The molecule has 0 aliphatic carbocycles. The Labute approximate surface area is 124 Å². The molecule has 2 aromatic rings. The molecule has 0 saturated heterocycles. The minimum atomic E-state index is 0.0647. The van der Waals surface area contributed by atoms with Crippen LogP contribution in [0.4, 0.5) is 0 Å². The number of carbonyl (C=O) groups is 1. The summed E-state index contributed by atoms with van der Waals surface area (Å²) in [7, 11) is 1.68. The first-order valence-corrected chi connectivity index (χ1v) is 7.33. The van der Waals surface area contributed by atoms with E-state index in [-0.39, 0.29) is 5.91 Å². The molecule has 0 spiro atoms. The van der Waals surface area contributed by atoms with Crippen LogP contribution in [0.3, 0.4) is 0 Å². The Hall–Kier alpha value is -2.08. The summed E-state index contributed by atoms with van der Waals surface area (Å²) in [6.45, 7) is 3.92. The van der Waals surface area contributed by atoms with E-state index in [1.165, 1.54) is 5.69 Å². The van der Waals surface area contributed by atoms with Gasteiger partial charge in [0.15, 0.2) is 0 Å². The van der Waals surface area contributed by atoms with Crippen LogP contribution in [0.25, 0.3) is 0 Å². The maximum Gasteiger partial charge on any atom is 0.233 e. The monoisotopic (exact) mass is 287 g/mol. The Morgan fingerprint density at radius 3 is 2.90 bits per heavy atom. The zero-order valence-corrected chi connectivity index (χ0v) is 12.3. The molecule has 21 heavy (non-hydrogen) atoms. The molecule has 1 aliphatic rings. The normalized spacial score (nSPS) is 15.5. The summed E-state index contributed by atoms with van der Waals surface area (Å²) in [6, 6.07) is 4.04. The Bertz CT molecular complexity index is 602. The lowest BCUT2D eigenvalue weighted by Gasteiger charge is -2.19. The van der Waals surface area contributed by atoms with Crippen molar-refractivity contribution in [1.29, 1.82) is 0 Å². The molecule has 0 aromatic carbocycles. The summed E-state index contributed by atoms with van der Waals surface area (Å²) in [5, 5.41) is 2.69. The van der Waals surface area contributed by atoms with E-state index < -0.39 is 0 Å². The third kappa shape index (κ3) is 3.16. The Morgan fingerprint density at radius 1 is 1.33 bits per heavy atom. The SMILES string of the molecule is CNC(=O)CN1CCCn2cnc(Cn3cccc3)c2C1. The van der Waals surface area contributed by atoms with Gasteiger partial charge in [-0.2, -0.15) is 0 Å². The fourth-order valence-electron chi connectivity index (χ4n) is 2.78. The van der Waals surface area contributed by atoms with Gasteiger partial charge in [0.2, 0.25) is 5.91 Å². The van der Waals surface area contributed by atoms with Gasteiger partial charge < -0.3 is 14.5 Å². The molecule has 0 saturated carbocycles. The molecule has 6 nitrogen and oxygen atoms in total. The van der Waals surface area contributed by atoms with Crippen LogP contribution < -0.4 is 5.32 Å². The first-order valence-electron chi connectivity index (χ1n) is 7.33. The van der Waals surface area contributed by atoms with Gasteiger partial charge in [0, 0.05) is 39.1 Å². The topological polar surface area (TPSA) is 55.1 Å². The predicted octanol–water partition coefficient (Wildman–Crippen LogP) is 0.685. The number of rotatable bonds is 4. The van der Waals surface area contributed by atoms with Gasteiger partial charge in [-0.1, -0.05) is 0 Å². The summed E-state index contributed by atoms with van der Waals surface area (Å²) in [4.78, 5) is 18.4. The molecule has 1 N–H and O–H groups in total. The third-order valence-electron chi connectivity index (χ3n) is 3.92. The van der Waals surface area contributed by atoms with E-state index >= 15 is 0 Å². The van der Waals surface area contributed by atoms with Crippen molar-refractivity contribution in [3.8, 4) is 0 Å². The molecule has 1 amide bonds. The number of likely N-dealkylation sites (N-methyl/N-ethyl adjacent to an activating group) is 1. The molecule has 0 unspecified atom stereocenters. The Morgan fingerprint density at radius 2 is 2.14 bits per heavy atom. The van der Waals surface area contributed by atoms with E-state index in [1.807, 2.05) is 30.9 Å². The van der Waals surface area contributed by atoms with Gasteiger partial charge in [-0.3, -0.25) is 9.69 Å². The van der Waals surface area contributed by atoms with Gasteiger partial charge in [-0.05, 0) is 18.6 Å². The summed E-state index contributed by atoms with van der Waals surface area (Å²) in [5.41, 5.74) is 2.32. The van der Waals surface area contributed by atoms with Gasteiger partial charge >= 0.3 is 0 Å². The van der Waals surface area contributed by atoms with Crippen molar-refractivity contribution in [1.82, 2.24) is 24.3 Å². The third-order valence-corrected chi connectivity index (χ3v) is 3.92. The zero-order valence-electron chi connectivity index (χ0n) is 12.3. The van der Waals surface area contributed by atoms with Crippen molar-refractivity contribution in [3.63, 3.8) is 0 Å². The molecular weight excluding hydrogens is 266 g/mol. The van der Waals surface area contributed by atoms with E-state index in [2.05, 4.69) is 24.3 Å². The summed E-state index contributed by atoms with van der Waals surface area (Å²) < 4.78 is 4.35. The van der Waals surface area contributed by atoms with E-state index in [0.29, 0.717) is 6.54 Å². The number of imidazole rings is 1. The molecule has 112 valence electrons. The minimum absolute atomic E-state index is 0.0647. The number of aromatic nitrogens is 3. The average Bonchev–Trinajstić information content (AvgIpc) is 3.07. The maximum absolute atomic E-state index is 11.6. The van der Waals surface area contributed by atoms with Crippen molar-refractivity contribution in [3.05, 3.63) is 42.2 Å². The first-order chi connectivity index (χ1) is 10.3. The van der Waals surface area contributed by atoms with E-state index in [1.54, 1.807) is 7.05 Å². The number of amides is 1. The van der Waals surface area contributed by atoms with Crippen molar-refractivity contribution < 1.29 is 4.79 Å². The lowest BCUT2D eigenvalue weighted by atomic mass is 10.3. The Kier molecular flexibility index (Phi) is 4.06. The van der Waals surface area contributed by atoms with Gasteiger partial charge in [-0.15, -0.1) is 0 Å². The fourth-order valence-corrected chi connectivity index (χ4v) is 2.78. The van der Waals surface area contributed by atoms with Crippen molar-refractivity contribution in [2.75, 3.05) is 20.1 Å². The molecule has 1 aliphatic heterocycles. The van der Waals surface area contributed by atoms with Crippen LogP contribution in [0.15, 0.2) is 30.9 Å². The summed E-state index contributed by atoms with van der Waals surface area (Å²) >= 11 is 0. The quantitative estimate of drug-likeness (QED) is 0.900. The molecule has 0 fully saturated rings. The highest BCUT2D eigenvalue weighted by Gasteiger charge is 2.20. The van der Waals surface area contributed by atoms with E-state index in [9.17, 15) is 4.79 Å². The second-order valence-electron chi connectivity index (χ2n) is 5.42. The lowest BCUT2D eigenvalue weighted by Crippen LogP contribution is -2.35. The van der Waals surface area contributed by atoms with Crippen LogP contribution in [-0.2, 0) is 24.4 Å². The standard InChI is InChI=1S/C15H21N5O/c1-16-15(21)11-19-7-4-8-20-12-17-13(14(20)10-19)9-18-5-2-3-6-18/h2-3,5-6,12H,4,7-11H2,1H3,(H,16,21). The summed E-state index contributed by atoms with van der Waals surface area (Å²) in [6.07, 6.45) is 7.07. The van der Waals surface area contributed by atoms with Crippen LogP contribution in [0.1, 0.15) is 17.8 Å². The first kappa shape index (κ1) is 13.9. The van der Waals surface area contributed by atoms with Crippen LogP contribution in [0, 0.1) is 0 Å². The number of carbonyl (C=O) groups excluding carboxylic acids is 1. The van der Waals surface area contributed by atoms with Crippen LogP contribution in [-0.4, -0.2) is 45.1 Å². The second-order valence-corrected chi connectivity index (χ2v) is 5.42. The maximum atomic E-state index is 11.6. The molecule has 2 aromatic heterocycles. The number of hydrogen-bond acceptors (Lipinski definition) is 3. The second kappa shape index (κ2) is 6.13.